The standard InChI is InChI=1S/C26H29N3O3/c1-31-21-11-7-10-20(16-21)25-22(18-28(27-25)17-19-8-3-2-4-9-19)26(30)29-14-15-32-24-13-6-5-12-23(24)29/h2-4,7-11,16,18,23-24H,5-6,12-15,17H2,1H3. The summed E-state index contributed by atoms with van der Waals surface area (Å²) in [6.45, 7) is 1.83. The third kappa shape index (κ3) is 4.15. The molecule has 2 unspecified atom stereocenters. The van der Waals surface area contributed by atoms with Crippen LogP contribution in [0.3, 0.4) is 0 Å². The Morgan fingerprint density at radius 3 is 2.81 bits per heavy atom. The van der Waals surface area contributed by atoms with Gasteiger partial charge >= 0.3 is 0 Å². The highest BCUT2D eigenvalue weighted by Crippen LogP contribution is 2.32. The first-order valence-electron chi connectivity index (χ1n) is 11.4. The number of benzene rings is 2. The molecule has 0 bridgehead atoms. The van der Waals surface area contributed by atoms with E-state index in [0.717, 1.165) is 36.1 Å². The van der Waals surface area contributed by atoms with Crippen molar-refractivity contribution in [1.29, 1.82) is 0 Å². The molecule has 1 aliphatic carbocycles. The van der Waals surface area contributed by atoms with Crippen LogP contribution in [0.4, 0.5) is 0 Å². The Morgan fingerprint density at radius 2 is 1.97 bits per heavy atom. The van der Waals surface area contributed by atoms with Crippen molar-refractivity contribution in [2.24, 2.45) is 0 Å². The molecular formula is C26H29N3O3. The number of hydrogen-bond donors (Lipinski definition) is 0. The van der Waals surface area contributed by atoms with Crippen LogP contribution in [0.1, 0.15) is 41.6 Å². The van der Waals surface area contributed by atoms with E-state index in [1.54, 1.807) is 7.11 Å². The highest BCUT2D eigenvalue weighted by atomic mass is 16.5. The van der Waals surface area contributed by atoms with Gasteiger partial charge in [-0.2, -0.15) is 5.10 Å². The SMILES string of the molecule is COc1cccc(-c2nn(Cc3ccccc3)cc2C(=O)N2CCOC3CCCCC32)c1. The highest BCUT2D eigenvalue weighted by Gasteiger charge is 2.38. The van der Waals surface area contributed by atoms with E-state index in [0.29, 0.717) is 31.0 Å². The van der Waals surface area contributed by atoms with Gasteiger partial charge in [-0.1, -0.05) is 55.3 Å². The monoisotopic (exact) mass is 431 g/mol. The van der Waals surface area contributed by atoms with Crippen molar-refractivity contribution >= 4 is 5.91 Å². The van der Waals surface area contributed by atoms with E-state index in [9.17, 15) is 4.79 Å². The summed E-state index contributed by atoms with van der Waals surface area (Å²) < 4.78 is 13.3. The summed E-state index contributed by atoms with van der Waals surface area (Å²) in [6, 6.07) is 18.1. The molecule has 2 fully saturated rings. The quantitative estimate of drug-likeness (QED) is 0.601. The molecule has 1 aliphatic heterocycles. The molecule has 32 heavy (non-hydrogen) atoms. The number of morpholine rings is 1. The number of carbonyl (C=O) groups is 1. The van der Waals surface area contributed by atoms with Crippen LogP contribution in [0, 0.1) is 0 Å². The van der Waals surface area contributed by atoms with E-state index < -0.39 is 0 Å². The molecular weight excluding hydrogens is 402 g/mol. The van der Waals surface area contributed by atoms with Crippen LogP contribution in [0.5, 0.6) is 5.75 Å². The summed E-state index contributed by atoms with van der Waals surface area (Å²) in [7, 11) is 1.65. The van der Waals surface area contributed by atoms with Gasteiger partial charge in [-0.15, -0.1) is 0 Å². The first-order valence-corrected chi connectivity index (χ1v) is 11.4. The number of nitrogens with zero attached hydrogens (tertiary/aromatic N) is 3. The molecule has 166 valence electrons. The maximum Gasteiger partial charge on any atom is 0.258 e. The number of hydrogen-bond acceptors (Lipinski definition) is 4. The van der Waals surface area contributed by atoms with Gasteiger partial charge in [0.25, 0.3) is 5.91 Å². The Labute approximate surface area is 188 Å². The van der Waals surface area contributed by atoms with Gasteiger partial charge in [0.05, 0.1) is 38.0 Å². The molecule has 0 spiro atoms. The molecule has 1 saturated heterocycles. The average Bonchev–Trinajstić information content (AvgIpc) is 3.27. The third-order valence-corrected chi connectivity index (χ3v) is 6.52. The van der Waals surface area contributed by atoms with Crippen molar-refractivity contribution in [1.82, 2.24) is 14.7 Å². The predicted molar refractivity (Wildman–Crippen MR) is 123 cm³/mol. The predicted octanol–water partition coefficient (Wildman–Crippen LogP) is 4.39. The van der Waals surface area contributed by atoms with Crippen LogP contribution in [0.2, 0.25) is 0 Å². The molecule has 2 heterocycles. The summed E-state index contributed by atoms with van der Waals surface area (Å²) in [5.74, 6) is 0.791. The third-order valence-electron chi connectivity index (χ3n) is 6.52. The van der Waals surface area contributed by atoms with Gasteiger partial charge in [-0.3, -0.25) is 9.48 Å². The lowest BCUT2D eigenvalue weighted by Crippen LogP contribution is -2.54. The highest BCUT2D eigenvalue weighted by molar-refractivity contribution is 6.00. The zero-order valence-corrected chi connectivity index (χ0v) is 18.4. The number of ether oxygens (including phenoxy) is 2. The van der Waals surface area contributed by atoms with Crippen molar-refractivity contribution in [3.63, 3.8) is 0 Å². The first kappa shape index (κ1) is 20.8. The second-order valence-electron chi connectivity index (χ2n) is 8.57. The van der Waals surface area contributed by atoms with Crippen LogP contribution in [-0.2, 0) is 11.3 Å². The van der Waals surface area contributed by atoms with Gasteiger partial charge in [0, 0.05) is 18.3 Å². The van der Waals surface area contributed by atoms with E-state index in [1.807, 2.05) is 58.2 Å². The van der Waals surface area contributed by atoms with E-state index in [2.05, 4.69) is 12.1 Å². The lowest BCUT2D eigenvalue weighted by Gasteiger charge is -2.43. The number of amides is 1. The summed E-state index contributed by atoms with van der Waals surface area (Å²) in [5, 5.41) is 4.85. The zero-order chi connectivity index (χ0) is 21.9. The molecule has 5 rings (SSSR count). The summed E-state index contributed by atoms with van der Waals surface area (Å²) in [5.41, 5.74) is 3.36. The molecule has 6 nitrogen and oxygen atoms in total. The summed E-state index contributed by atoms with van der Waals surface area (Å²) in [6.07, 6.45) is 6.41. The second-order valence-corrected chi connectivity index (χ2v) is 8.57. The van der Waals surface area contributed by atoms with Crippen molar-refractivity contribution < 1.29 is 14.3 Å². The minimum atomic E-state index is 0.0438. The van der Waals surface area contributed by atoms with E-state index >= 15 is 0 Å². The van der Waals surface area contributed by atoms with Crippen LogP contribution >= 0.6 is 0 Å². The zero-order valence-electron chi connectivity index (χ0n) is 18.4. The number of methoxy groups -OCH3 is 1. The molecule has 3 aromatic rings. The Kier molecular flexibility index (Phi) is 5.95. The van der Waals surface area contributed by atoms with Crippen LogP contribution in [0.15, 0.2) is 60.8 Å². The van der Waals surface area contributed by atoms with Crippen LogP contribution < -0.4 is 4.74 Å². The Hall–Kier alpha value is -3.12. The Bertz CT molecular complexity index is 1080. The minimum absolute atomic E-state index is 0.0438. The van der Waals surface area contributed by atoms with Gasteiger partial charge in [-0.25, -0.2) is 0 Å². The number of aromatic nitrogens is 2. The molecule has 2 atom stereocenters. The van der Waals surface area contributed by atoms with Gasteiger partial charge in [0.1, 0.15) is 11.4 Å². The van der Waals surface area contributed by atoms with Crippen LogP contribution in [0.25, 0.3) is 11.3 Å². The normalized spacial score (nSPS) is 20.6. The number of rotatable bonds is 5. The average molecular weight is 432 g/mol. The van der Waals surface area contributed by atoms with Crippen LogP contribution in [-0.4, -0.2) is 53.0 Å². The minimum Gasteiger partial charge on any atom is -0.497 e. The van der Waals surface area contributed by atoms with Gasteiger partial charge in [0.2, 0.25) is 0 Å². The van der Waals surface area contributed by atoms with E-state index in [-0.39, 0.29) is 18.1 Å². The van der Waals surface area contributed by atoms with E-state index in [1.165, 1.54) is 6.42 Å². The molecule has 1 amide bonds. The lowest BCUT2D eigenvalue weighted by atomic mass is 9.89. The maximum absolute atomic E-state index is 13.9. The van der Waals surface area contributed by atoms with Gasteiger partial charge in [0.15, 0.2) is 0 Å². The summed E-state index contributed by atoms with van der Waals surface area (Å²) in [4.78, 5) is 15.9. The molecule has 0 N–H and O–H groups in total. The fourth-order valence-electron chi connectivity index (χ4n) is 4.92. The van der Waals surface area contributed by atoms with E-state index in [4.69, 9.17) is 14.6 Å². The smallest absolute Gasteiger partial charge is 0.258 e. The molecule has 0 radical (unpaired) electrons. The fourth-order valence-corrected chi connectivity index (χ4v) is 4.92. The largest absolute Gasteiger partial charge is 0.497 e. The summed E-state index contributed by atoms with van der Waals surface area (Å²) >= 11 is 0. The van der Waals surface area contributed by atoms with Crippen molar-refractivity contribution in [3.05, 3.63) is 71.9 Å². The Morgan fingerprint density at radius 1 is 1.12 bits per heavy atom. The van der Waals surface area contributed by atoms with Crippen molar-refractivity contribution in [3.8, 4) is 17.0 Å². The second kappa shape index (κ2) is 9.17. The molecule has 2 aliphatic rings. The maximum atomic E-state index is 13.9. The van der Waals surface area contributed by atoms with Gasteiger partial charge in [-0.05, 0) is 30.5 Å². The molecule has 1 aromatic heterocycles. The topological polar surface area (TPSA) is 56.6 Å². The lowest BCUT2D eigenvalue weighted by molar-refractivity contribution is -0.0752. The van der Waals surface area contributed by atoms with Gasteiger partial charge < -0.3 is 14.4 Å². The number of carbonyl (C=O) groups excluding carboxylic acids is 1. The van der Waals surface area contributed by atoms with Crippen molar-refractivity contribution in [2.45, 2.75) is 44.4 Å². The molecule has 1 saturated carbocycles. The fraction of sp³-hybridized carbons (Fsp3) is 0.385. The van der Waals surface area contributed by atoms with Crippen molar-refractivity contribution in [2.75, 3.05) is 20.3 Å². The molecule has 6 heteroatoms. The first-order chi connectivity index (χ1) is 15.7. The molecule has 2 aromatic carbocycles. The Balaban J connectivity index is 1.52. The number of fused-ring (bicyclic) bond motifs is 1.